The van der Waals surface area contributed by atoms with Gasteiger partial charge < -0.3 is 9.94 Å². The van der Waals surface area contributed by atoms with Crippen LogP contribution in [-0.2, 0) is 9.53 Å². The van der Waals surface area contributed by atoms with E-state index in [1.54, 1.807) is 19.1 Å². The minimum Gasteiger partial charge on any atom is -0.450 e. The second-order valence-corrected chi connectivity index (χ2v) is 3.35. The second-order valence-electron chi connectivity index (χ2n) is 3.35. The molecule has 88 valence electrons. The standard InChI is InChI=1S/C13H13NO3/c1-10(17-11(2)15)7-8-12-5-3-4-6-13(12)9-14-16/h3-6,9-10,16H,1-2H3/b14-9+. The van der Waals surface area contributed by atoms with Gasteiger partial charge in [0, 0.05) is 18.1 Å². The van der Waals surface area contributed by atoms with Crippen LogP contribution in [0.25, 0.3) is 0 Å². The van der Waals surface area contributed by atoms with Crippen LogP contribution in [0.5, 0.6) is 0 Å². The molecule has 4 heteroatoms. The predicted molar refractivity (Wildman–Crippen MR) is 63.9 cm³/mol. The van der Waals surface area contributed by atoms with Gasteiger partial charge in [0.15, 0.2) is 6.10 Å². The molecule has 0 spiro atoms. The summed E-state index contributed by atoms with van der Waals surface area (Å²) in [6.07, 6.45) is 0.840. The van der Waals surface area contributed by atoms with Gasteiger partial charge in [-0.15, -0.1) is 0 Å². The summed E-state index contributed by atoms with van der Waals surface area (Å²) in [7, 11) is 0. The SMILES string of the molecule is CC(=O)OC(C)C#Cc1ccccc1/C=N/O. The minimum absolute atomic E-state index is 0.364. The third kappa shape index (κ3) is 4.39. The van der Waals surface area contributed by atoms with Crippen molar-refractivity contribution >= 4 is 12.2 Å². The van der Waals surface area contributed by atoms with Crippen molar-refractivity contribution in [3.63, 3.8) is 0 Å². The van der Waals surface area contributed by atoms with Gasteiger partial charge in [-0.1, -0.05) is 35.2 Å². The van der Waals surface area contributed by atoms with Crippen LogP contribution in [0.15, 0.2) is 29.4 Å². The molecule has 0 aliphatic carbocycles. The maximum atomic E-state index is 10.7. The van der Waals surface area contributed by atoms with Gasteiger partial charge in [-0.3, -0.25) is 4.79 Å². The van der Waals surface area contributed by atoms with Gasteiger partial charge in [-0.05, 0) is 13.0 Å². The van der Waals surface area contributed by atoms with E-state index in [9.17, 15) is 4.79 Å². The first-order valence-electron chi connectivity index (χ1n) is 5.08. The minimum atomic E-state index is -0.466. The Morgan fingerprint density at radius 2 is 2.24 bits per heavy atom. The van der Waals surface area contributed by atoms with Crippen LogP contribution in [0.1, 0.15) is 25.0 Å². The Labute approximate surface area is 99.9 Å². The maximum absolute atomic E-state index is 10.7. The summed E-state index contributed by atoms with van der Waals surface area (Å²) in [6, 6.07) is 7.22. The van der Waals surface area contributed by atoms with Gasteiger partial charge in [-0.2, -0.15) is 0 Å². The molecule has 4 nitrogen and oxygen atoms in total. The molecule has 0 aromatic heterocycles. The number of rotatable bonds is 2. The molecule has 0 amide bonds. The molecule has 0 bridgehead atoms. The summed E-state index contributed by atoms with van der Waals surface area (Å²) in [4.78, 5) is 10.7. The van der Waals surface area contributed by atoms with E-state index in [1.165, 1.54) is 13.1 Å². The Morgan fingerprint density at radius 3 is 2.88 bits per heavy atom. The molecule has 1 atom stereocenters. The summed E-state index contributed by atoms with van der Waals surface area (Å²) in [5.74, 6) is 5.30. The average molecular weight is 231 g/mol. The van der Waals surface area contributed by atoms with Crippen molar-refractivity contribution < 1.29 is 14.7 Å². The summed E-state index contributed by atoms with van der Waals surface area (Å²) >= 11 is 0. The van der Waals surface area contributed by atoms with E-state index in [0.29, 0.717) is 11.1 Å². The zero-order valence-corrected chi connectivity index (χ0v) is 9.68. The maximum Gasteiger partial charge on any atom is 0.303 e. The summed E-state index contributed by atoms with van der Waals surface area (Å²) in [6.45, 7) is 3.03. The average Bonchev–Trinajstić information content (AvgIpc) is 2.27. The zero-order valence-electron chi connectivity index (χ0n) is 9.68. The number of nitrogens with zero attached hydrogens (tertiary/aromatic N) is 1. The van der Waals surface area contributed by atoms with E-state index in [0.717, 1.165) is 0 Å². The monoisotopic (exact) mass is 231 g/mol. The Kier molecular flexibility index (Phi) is 4.77. The van der Waals surface area contributed by atoms with Crippen molar-refractivity contribution in [2.75, 3.05) is 0 Å². The van der Waals surface area contributed by atoms with Gasteiger partial charge in [0.1, 0.15) is 0 Å². The number of benzene rings is 1. The first-order valence-corrected chi connectivity index (χ1v) is 5.08. The molecule has 0 saturated carbocycles. The number of hydrogen-bond donors (Lipinski definition) is 1. The fraction of sp³-hybridized carbons (Fsp3) is 0.231. The summed E-state index contributed by atoms with van der Waals surface area (Å²) in [5, 5.41) is 11.5. The van der Waals surface area contributed by atoms with Crippen LogP contribution in [0, 0.1) is 11.8 Å². The summed E-state index contributed by atoms with van der Waals surface area (Å²) in [5.41, 5.74) is 1.42. The highest BCUT2D eigenvalue weighted by molar-refractivity contribution is 5.83. The molecule has 17 heavy (non-hydrogen) atoms. The highest BCUT2D eigenvalue weighted by atomic mass is 16.5. The summed E-state index contributed by atoms with van der Waals surface area (Å²) < 4.78 is 4.88. The number of carbonyl (C=O) groups is 1. The van der Waals surface area contributed by atoms with Crippen molar-refractivity contribution in [2.24, 2.45) is 5.16 Å². The quantitative estimate of drug-likeness (QED) is 0.277. The highest BCUT2D eigenvalue weighted by Gasteiger charge is 2.00. The first-order chi connectivity index (χ1) is 8.13. The van der Waals surface area contributed by atoms with Gasteiger partial charge in [0.25, 0.3) is 0 Å². The van der Waals surface area contributed by atoms with E-state index in [-0.39, 0.29) is 5.97 Å². The predicted octanol–water partition coefficient (Wildman–Crippen LogP) is 1.80. The van der Waals surface area contributed by atoms with Gasteiger partial charge in [0.05, 0.1) is 6.21 Å². The van der Waals surface area contributed by atoms with Crippen molar-refractivity contribution in [2.45, 2.75) is 20.0 Å². The molecule has 0 heterocycles. The number of ether oxygens (including phenoxy) is 1. The topological polar surface area (TPSA) is 58.9 Å². The van der Waals surface area contributed by atoms with E-state index < -0.39 is 6.10 Å². The van der Waals surface area contributed by atoms with Crippen molar-refractivity contribution in [1.82, 2.24) is 0 Å². The Balaban J connectivity index is 2.87. The number of esters is 1. The molecular weight excluding hydrogens is 218 g/mol. The molecule has 0 radical (unpaired) electrons. The van der Waals surface area contributed by atoms with Crippen LogP contribution >= 0.6 is 0 Å². The molecule has 0 aliphatic rings. The number of hydrogen-bond acceptors (Lipinski definition) is 4. The number of carbonyl (C=O) groups excluding carboxylic acids is 1. The lowest BCUT2D eigenvalue weighted by molar-refractivity contribution is -0.143. The van der Waals surface area contributed by atoms with Crippen LogP contribution in [0.4, 0.5) is 0 Å². The Hall–Kier alpha value is -2.28. The second kappa shape index (κ2) is 6.33. The molecule has 0 fully saturated rings. The third-order valence-corrected chi connectivity index (χ3v) is 1.91. The molecule has 1 aromatic carbocycles. The van der Waals surface area contributed by atoms with Gasteiger partial charge >= 0.3 is 5.97 Å². The van der Waals surface area contributed by atoms with E-state index in [1.807, 2.05) is 12.1 Å². The smallest absolute Gasteiger partial charge is 0.303 e. The lowest BCUT2D eigenvalue weighted by atomic mass is 10.1. The number of oxime groups is 1. The molecule has 0 saturated heterocycles. The fourth-order valence-corrected chi connectivity index (χ4v) is 1.24. The first kappa shape index (κ1) is 12.8. The molecule has 0 aliphatic heterocycles. The normalized spacial score (nSPS) is 11.6. The van der Waals surface area contributed by atoms with Crippen LogP contribution < -0.4 is 0 Å². The van der Waals surface area contributed by atoms with Gasteiger partial charge in [-0.25, -0.2) is 0 Å². The van der Waals surface area contributed by atoms with Crippen molar-refractivity contribution in [3.05, 3.63) is 35.4 Å². The Bertz CT molecular complexity index is 483. The van der Waals surface area contributed by atoms with E-state index >= 15 is 0 Å². The zero-order chi connectivity index (χ0) is 12.7. The Morgan fingerprint density at radius 1 is 1.53 bits per heavy atom. The molecule has 1 rings (SSSR count). The molecule has 1 unspecified atom stereocenters. The van der Waals surface area contributed by atoms with Crippen molar-refractivity contribution in [1.29, 1.82) is 0 Å². The molecule has 1 aromatic rings. The van der Waals surface area contributed by atoms with Crippen LogP contribution in [0.3, 0.4) is 0 Å². The fourth-order valence-electron chi connectivity index (χ4n) is 1.24. The van der Waals surface area contributed by atoms with Crippen molar-refractivity contribution in [3.8, 4) is 11.8 Å². The lowest BCUT2D eigenvalue weighted by Gasteiger charge is -2.03. The van der Waals surface area contributed by atoms with Crippen LogP contribution in [-0.4, -0.2) is 23.5 Å². The lowest BCUT2D eigenvalue weighted by Crippen LogP contribution is -2.09. The largest absolute Gasteiger partial charge is 0.450 e. The molecule has 1 N–H and O–H groups in total. The van der Waals surface area contributed by atoms with Crippen LogP contribution in [0.2, 0.25) is 0 Å². The van der Waals surface area contributed by atoms with Gasteiger partial charge in [0.2, 0.25) is 0 Å². The molecular formula is C13H13NO3. The van der Waals surface area contributed by atoms with E-state index in [4.69, 9.17) is 9.94 Å². The van der Waals surface area contributed by atoms with E-state index in [2.05, 4.69) is 17.0 Å². The highest BCUT2D eigenvalue weighted by Crippen LogP contribution is 2.04. The third-order valence-electron chi connectivity index (χ3n) is 1.91.